The number of nitriles is 1. The number of benzene rings is 1. The number of nitrogens with two attached hydrogens (primary N) is 1. The molecule has 24 heavy (non-hydrogen) atoms. The Morgan fingerprint density at radius 1 is 1.33 bits per heavy atom. The van der Waals surface area contributed by atoms with Gasteiger partial charge < -0.3 is 20.5 Å². The Morgan fingerprint density at radius 3 is 2.96 bits per heavy atom. The fourth-order valence-electron chi connectivity index (χ4n) is 3.09. The van der Waals surface area contributed by atoms with Crippen LogP contribution in [-0.2, 0) is 13.0 Å². The van der Waals surface area contributed by atoms with Gasteiger partial charge in [-0.2, -0.15) is 5.26 Å². The number of para-hydroxylation sites is 1. The SMILES string of the molecule is N#Cc1c(N)nc2c(c1-c1cccc3c1OC(F)(F)O3)CNCC2. The third-order valence-electron chi connectivity index (χ3n) is 4.06. The van der Waals surface area contributed by atoms with Crippen molar-refractivity contribution in [1.29, 1.82) is 5.26 Å². The van der Waals surface area contributed by atoms with Gasteiger partial charge in [0.25, 0.3) is 0 Å². The van der Waals surface area contributed by atoms with Crippen LogP contribution in [0.5, 0.6) is 11.5 Å². The second-order valence-electron chi connectivity index (χ2n) is 5.51. The highest BCUT2D eigenvalue weighted by Crippen LogP contribution is 2.49. The number of fused-ring (bicyclic) bond motifs is 2. The smallest absolute Gasteiger partial charge is 0.395 e. The van der Waals surface area contributed by atoms with Crippen LogP contribution in [0.2, 0.25) is 0 Å². The van der Waals surface area contributed by atoms with Gasteiger partial charge in [-0.15, -0.1) is 8.78 Å². The summed E-state index contributed by atoms with van der Waals surface area (Å²) in [7, 11) is 0. The first-order valence-corrected chi connectivity index (χ1v) is 7.31. The van der Waals surface area contributed by atoms with Gasteiger partial charge in [0.05, 0.1) is 0 Å². The molecular formula is C16H12F2N4O2. The van der Waals surface area contributed by atoms with Crippen molar-refractivity contribution in [3.63, 3.8) is 0 Å². The lowest BCUT2D eigenvalue weighted by molar-refractivity contribution is -0.286. The van der Waals surface area contributed by atoms with Crippen molar-refractivity contribution in [2.45, 2.75) is 19.3 Å². The van der Waals surface area contributed by atoms with Gasteiger partial charge in [0, 0.05) is 36.3 Å². The third-order valence-corrected chi connectivity index (χ3v) is 4.06. The number of halogens is 2. The summed E-state index contributed by atoms with van der Waals surface area (Å²) in [6, 6.07) is 6.59. The predicted molar refractivity (Wildman–Crippen MR) is 80.4 cm³/mol. The number of anilines is 1. The maximum absolute atomic E-state index is 13.5. The molecule has 0 unspecified atom stereocenters. The number of pyridine rings is 1. The van der Waals surface area contributed by atoms with E-state index in [1.165, 1.54) is 6.07 Å². The van der Waals surface area contributed by atoms with E-state index in [9.17, 15) is 14.0 Å². The van der Waals surface area contributed by atoms with E-state index in [2.05, 4.69) is 19.8 Å². The molecule has 3 heterocycles. The summed E-state index contributed by atoms with van der Waals surface area (Å²) in [5.41, 5.74) is 8.38. The van der Waals surface area contributed by atoms with Crippen molar-refractivity contribution in [3.05, 3.63) is 35.0 Å². The highest BCUT2D eigenvalue weighted by Gasteiger charge is 2.45. The van der Waals surface area contributed by atoms with Crippen LogP contribution < -0.4 is 20.5 Å². The number of nitrogen functional groups attached to an aromatic ring is 1. The van der Waals surface area contributed by atoms with Crippen molar-refractivity contribution in [2.75, 3.05) is 12.3 Å². The number of nitrogens with zero attached hydrogens (tertiary/aromatic N) is 2. The van der Waals surface area contributed by atoms with Crippen molar-refractivity contribution >= 4 is 5.82 Å². The number of ether oxygens (including phenoxy) is 2. The van der Waals surface area contributed by atoms with Gasteiger partial charge in [-0.3, -0.25) is 0 Å². The zero-order chi connectivity index (χ0) is 16.9. The maximum atomic E-state index is 13.5. The Balaban J connectivity index is 2.01. The lowest BCUT2D eigenvalue weighted by atomic mass is 9.91. The number of alkyl halides is 2. The number of rotatable bonds is 1. The van der Waals surface area contributed by atoms with Crippen LogP contribution in [0.15, 0.2) is 18.2 Å². The van der Waals surface area contributed by atoms with E-state index in [1.807, 2.05) is 6.07 Å². The Morgan fingerprint density at radius 2 is 2.17 bits per heavy atom. The summed E-state index contributed by atoms with van der Waals surface area (Å²) in [4.78, 5) is 4.29. The Kier molecular flexibility index (Phi) is 3.08. The van der Waals surface area contributed by atoms with Gasteiger partial charge in [0.1, 0.15) is 17.5 Å². The summed E-state index contributed by atoms with van der Waals surface area (Å²) >= 11 is 0. The molecule has 0 amide bonds. The fraction of sp³-hybridized carbons (Fsp3) is 0.250. The van der Waals surface area contributed by atoms with Gasteiger partial charge in [-0.25, -0.2) is 4.98 Å². The molecular weight excluding hydrogens is 318 g/mol. The molecule has 0 bridgehead atoms. The van der Waals surface area contributed by atoms with E-state index >= 15 is 0 Å². The number of nitrogens with one attached hydrogen (secondary N) is 1. The van der Waals surface area contributed by atoms with Gasteiger partial charge in [-0.1, -0.05) is 12.1 Å². The average molecular weight is 330 g/mol. The van der Waals surface area contributed by atoms with E-state index in [1.54, 1.807) is 12.1 Å². The Hall–Kier alpha value is -2.92. The van der Waals surface area contributed by atoms with Gasteiger partial charge in [0.2, 0.25) is 0 Å². The van der Waals surface area contributed by atoms with Gasteiger partial charge in [-0.05, 0) is 11.6 Å². The summed E-state index contributed by atoms with van der Waals surface area (Å²) < 4.78 is 36.1. The molecule has 0 fully saturated rings. The fourth-order valence-corrected chi connectivity index (χ4v) is 3.09. The first-order chi connectivity index (χ1) is 11.5. The van der Waals surface area contributed by atoms with E-state index in [-0.39, 0.29) is 22.9 Å². The summed E-state index contributed by atoms with van der Waals surface area (Å²) in [6.45, 7) is 1.20. The minimum absolute atomic E-state index is 0.0747. The summed E-state index contributed by atoms with van der Waals surface area (Å²) in [5, 5.41) is 12.7. The predicted octanol–water partition coefficient (Wildman–Crippen LogP) is 2.17. The maximum Gasteiger partial charge on any atom is 0.586 e. The van der Waals surface area contributed by atoms with Crippen molar-refractivity contribution in [1.82, 2.24) is 10.3 Å². The molecule has 0 aliphatic carbocycles. The van der Waals surface area contributed by atoms with Crippen LogP contribution in [0.4, 0.5) is 14.6 Å². The second-order valence-corrected chi connectivity index (χ2v) is 5.51. The van der Waals surface area contributed by atoms with Gasteiger partial charge in [0.15, 0.2) is 11.5 Å². The second kappa shape index (κ2) is 5.04. The number of aromatic nitrogens is 1. The van der Waals surface area contributed by atoms with Crippen LogP contribution in [0, 0.1) is 11.3 Å². The normalized spacial score (nSPS) is 17.2. The number of hydrogen-bond donors (Lipinski definition) is 2. The van der Waals surface area contributed by atoms with E-state index < -0.39 is 6.29 Å². The molecule has 2 aliphatic rings. The molecule has 2 aromatic rings. The minimum atomic E-state index is -3.73. The monoisotopic (exact) mass is 330 g/mol. The molecule has 8 heteroatoms. The van der Waals surface area contributed by atoms with Gasteiger partial charge >= 0.3 is 6.29 Å². The third kappa shape index (κ3) is 2.13. The van der Waals surface area contributed by atoms with Crippen molar-refractivity contribution in [3.8, 4) is 28.7 Å². The summed E-state index contributed by atoms with van der Waals surface area (Å²) in [5.74, 6) is -0.0944. The van der Waals surface area contributed by atoms with Crippen LogP contribution in [0.1, 0.15) is 16.8 Å². The average Bonchev–Trinajstić information content (AvgIpc) is 2.87. The standard InChI is InChI=1S/C16H12F2N4O2/c17-16(18)23-12-3-1-2-8(14(12)24-16)13-9(6-19)15(20)22-11-4-5-21-7-10(11)13/h1-3,21H,4-5,7H2,(H2,20,22). The van der Waals surface area contributed by atoms with Crippen molar-refractivity contribution in [2.24, 2.45) is 0 Å². The molecule has 3 N–H and O–H groups in total. The highest BCUT2D eigenvalue weighted by atomic mass is 19.3. The zero-order valence-electron chi connectivity index (χ0n) is 12.4. The molecule has 0 radical (unpaired) electrons. The van der Waals surface area contributed by atoms with Crippen LogP contribution in [-0.4, -0.2) is 17.8 Å². The topological polar surface area (TPSA) is 93.2 Å². The molecule has 1 aromatic carbocycles. The van der Waals surface area contributed by atoms with Crippen molar-refractivity contribution < 1.29 is 18.3 Å². The summed E-state index contributed by atoms with van der Waals surface area (Å²) in [6.07, 6.45) is -3.09. The molecule has 6 nitrogen and oxygen atoms in total. The number of hydrogen-bond acceptors (Lipinski definition) is 6. The molecule has 4 rings (SSSR count). The van der Waals surface area contributed by atoms with E-state index in [4.69, 9.17) is 5.73 Å². The Bertz CT molecular complexity index is 893. The minimum Gasteiger partial charge on any atom is -0.395 e. The molecule has 1 aromatic heterocycles. The lowest BCUT2D eigenvalue weighted by Gasteiger charge is -2.22. The Labute approximate surface area is 135 Å². The van der Waals surface area contributed by atoms with E-state index in [0.29, 0.717) is 24.1 Å². The molecule has 122 valence electrons. The highest BCUT2D eigenvalue weighted by molar-refractivity contribution is 5.84. The zero-order valence-corrected chi connectivity index (χ0v) is 12.4. The first kappa shape index (κ1) is 14.7. The molecule has 0 atom stereocenters. The quantitative estimate of drug-likeness (QED) is 0.832. The molecule has 0 saturated carbocycles. The first-order valence-electron chi connectivity index (χ1n) is 7.31. The van der Waals surface area contributed by atoms with Crippen LogP contribution >= 0.6 is 0 Å². The molecule has 0 saturated heterocycles. The van der Waals surface area contributed by atoms with Crippen LogP contribution in [0.3, 0.4) is 0 Å². The van der Waals surface area contributed by atoms with E-state index in [0.717, 1.165) is 17.8 Å². The van der Waals surface area contributed by atoms with Crippen LogP contribution in [0.25, 0.3) is 11.1 Å². The molecule has 2 aliphatic heterocycles. The largest absolute Gasteiger partial charge is 0.586 e. The lowest BCUT2D eigenvalue weighted by Crippen LogP contribution is -2.27. The molecule has 0 spiro atoms.